The van der Waals surface area contributed by atoms with E-state index in [-0.39, 0.29) is 0 Å². The van der Waals surface area contributed by atoms with Crippen LogP contribution in [0.4, 0.5) is 5.82 Å². The minimum Gasteiger partial charge on any atom is -0.362 e. The lowest BCUT2D eigenvalue weighted by Gasteiger charge is -2.03. The van der Waals surface area contributed by atoms with E-state index in [9.17, 15) is 0 Å². The van der Waals surface area contributed by atoms with Crippen LogP contribution in [0.15, 0.2) is 12.5 Å². The zero-order valence-electron chi connectivity index (χ0n) is 10.2. The maximum absolute atomic E-state index is 4.41. The number of hydrogen-bond acceptors (Lipinski definition) is 5. The van der Waals surface area contributed by atoms with Gasteiger partial charge in [0.2, 0.25) is 0 Å². The van der Waals surface area contributed by atoms with E-state index in [4.69, 9.17) is 0 Å². The summed E-state index contributed by atoms with van der Waals surface area (Å²) in [5.74, 6) is 1.64. The summed E-state index contributed by atoms with van der Waals surface area (Å²) in [6, 6.07) is 0. The standard InChI is InChI=1S/C11H13N7/c1-6-7(2)17-9(16-6)4-12-10-8-3-15-18-11(8)14-5-13-10/h3,5H,4H2,1-2H3,(H,16,17)(H2,12,13,14,15,18). The van der Waals surface area contributed by atoms with Gasteiger partial charge in [-0.1, -0.05) is 0 Å². The lowest BCUT2D eigenvalue weighted by atomic mass is 10.4. The van der Waals surface area contributed by atoms with E-state index in [0.717, 1.165) is 34.1 Å². The Morgan fingerprint density at radius 2 is 2.17 bits per heavy atom. The molecule has 0 spiro atoms. The highest BCUT2D eigenvalue weighted by Gasteiger charge is 2.06. The molecule has 3 N–H and O–H groups in total. The van der Waals surface area contributed by atoms with Crippen molar-refractivity contribution >= 4 is 16.9 Å². The molecule has 0 unspecified atom stereocenters. The topological polar surface area (TPSA) is 95.2 Å². The molecule has 0 aliphatic rings. The summed E-state index contributed by atoms with van der Waals surface area (Å²) in [6.45, 7) is 4.57. The summed E-state index contributed by atoms with van der Waals surface area (Å²) in [5, 5.41) is 10.8. The molecule has 7 nitrogen and oxygen atoms in total. The number of H-pyrrole nitrogens is 2. The number of imidazole rings is 1. The van der Waals surface area contributed by atoms with E-state index in [1.54, 1.807) is 6.20 Å². The lowest BCUT2D eigenvalue weighted by Crippen LogP contribution is -2.03. The Morgan fingerprint density at radius 1 is 1.28 bits per heavy atom. The van der Waals surface area contributed by atoms with Gasteiger partial charge in [-0.3, -0.25) is 5.10 Å². The van der Waals surface area contributed by atoms with E-state index in [0.29, 0.717) is 6.54 Å². The summed E-state index contributed by atoms with van der Waals surface area (Å²) in [7, 11) is 0. The highest BCUT2D eigenvalue weighted by molar-refractivity contribution is 5.85. The van der Waals surface area contributed by atoms with Crippen LogP contribution in [0.2, 0.25) is 0 Å². The number of fused-ring (bicyclic) bond motifs is 1. The van der Waals surface area contributed by atoms with E-state index in [1.165, 1.54) is 6.33 Å². The Balaban J connectivity index is 1.82. The van der Waals surface area contributed by atoms with Crippen molar-refractivity contribution in [3.63, 3.8) is 0 Å². The molecule has 18 heavy (non-hydrogen) atoms. The number of aromatic amines is 2. The van der Waals surface area contributed by atoms with Gasteiger partial charge in [0, 0.05) is 5.69 Å². The highest BCUT2D eigenvalue weighted by atomic mass is 15.2. The van der Waals surface area contributed by atoms with Crippen molar-refractivity contribution in [2.75, 3.05) is 5.32 Å². The first-order chi connectivity index (χ1) is 8.74. The minimum absolute atomic E-state index is 0.589. The minimum atomic E-state index is 0.589. The molecule has 0 amide bonds. The first-order valence-corrected chi connectivity index (χ1v) is 5.64. The average molecular weight is 243 g/mol. The van der Waals surface area contributed by atoms with Gasteiger partial charge in [-0.15, -0.1) is 0 Å². The van der Waals surface area contributed by atoms with E-state index in [1.807, 2.05) is 13.8 Å². The number of hydrogen-bond donors (Lipinski definition) is 3. The molecule has 0 fully saturated rings. The van der Waals surface area contributed by atoms with E-state index in [2.05, 4.69) is 35.5 Å². The van der Waals surface area contributed by atoms with Crippen LogP contribution in [-0.2, 0) is 6.54 Å². The number of aromatic nitrogens is 6. The third-order valence-corrected chi connectivity index (χ3v) is 2.85. The normalized spacial score (nSPS) is 11.0. The summed E-state index contributed by atoms with van der Waals surface area (Å²) < 4.78 is 0. The van der Waals surface area contributed by atoms with Gasteiger partial charge >= 0.3 is 0 Å². The van der Waals surface area contributed by atoms with Crippen molar-refractivity contribution < 1.29 is 0 Å². The fourth-order valence-corrected chi connectivity index (χ4v) is 1.78. The molecule has 0 bridgehead atoms. The Morgan fingerprint density at radius 3 is 2.94 bits per heavy atom. The molecule has 0 aromatic carbocycles. The Hall–Kier alpha value is -2.44. The number of anilines is 1. The SMILES string of the molecule is Cc1nc(CNc2ncnc3[nH]ncc23)[nH]c1C. The van der Waals surface area contributed by atoms with Crippen LogP contribution in [-0.4, -0.2) is 30.1 Å². The van der Waals surface area contributed by atoms with Crippen LogP contribution in [0.25, 0.3) is 11.0 Å². The number of nitrogens with one attached hydrogen (secondary N) is 3. The average Bonchev–Trinajstić information content (AvgIpc) is 2.94. The molecular weight excluding hydrogens is 230 g/mol. The van der Waals surface area contributed by atoms with Gasteiger partial charge < -0.3 is 10.3 Å². The molecule has 0 saturated carbocycles. The molecule has 3 heterocycles. The summed E-state index contributed by atoms with van der Waals surface area (Å²) in [4.78, 5) is 15.9. The second-order valence-corrected chi connectivity index (χ2v) is 4.10. The van der Waals surface area contributed by atoms with Crippen LogP contribution in [0.5, 0.6) is 0 Å². The third-order valence-electron chi connectivity index (χ3n) is 2.85. The van der Waals surface area contributed by atoms with Gasteiger partial charge in [-0.2, -0.15) is 5.10 Å². The molecule has 3 aromatic rings. The molecule has 3 aromatic heterocycles. The van der Waals surface area contributed by atoms with Gasteiger partial charge in [-0.05, 0) is 13.8 Å². The summed E-state index contributed by atoms with van der Waals surface area (Å²) in [6.07, 6.45) is 3.21. The Bertz CT molecular complexity index is 662. The number of rotatable bonds is 3. The molecule has 3 rings (SSSR count). The van der Waals surface area contributed by atoms with E-state index >= 15 is 0 Å². The van der Waals surface area contributed by atoms with Gasteiger partial charge in [0.05, 0.1) is 23.8 Å². The second-order valence-electron chi connectivity index (χ2n) is 4.10. The van der Waals surface area contributed by atoms with Crippen molar-refractivity contribution in [3.8, 4) is 0 Å². The second kappa shape index (κ2) is 4.10. The van der Waals surface area contributed by atoms with Crippen molar-refractivity contribution in [3.05, 3.63) is 29.7 Å². The van der Waals surface area contributed by atoms with Gasteiger partial charge in [-0.25, -0.2) is 15.0 Å². The summed E-state index contributed by atoms with van der Waals surface area (Å²) >= 11 is 0. The molecular formula is C11H13N7. The number of nitrogens with zero attached hydrogens (tertiary/aromatic N) is 4. The summed E-state index contributed by atoms with van der Waals surface area (Å²) in [5.41, 5.74) is 2.82. The monoisotopic (exact) mass is 243 g/mol. The predicted molar refractivity (Wildman–Crippen MR) is 67.1 cm³/mol. The zero-order valence-corrected chi connectivity index (χ0v) is 10.2. The maximum atomic E-state index is 4.41. The van der Waals surface area contributed by atoms with Crippen molar-refractivity contribution in [1.82, 2.24) is 30.1 Å². The van der Waals surface area contributed by atoms with Crippen molar-refractivity contribution in [2.45, 2.75) is 20.4 Å². The largest absolute Gasteiger partial charge is 0.362 e. The van der Waals surface area contributed by atoms with Crippen LogP contribution in [0.3, 0.4) is 0 Å². The molecule has 0 atom stereocenters. The molecule has 0 aliphatic carbocycles. The Kier molecular flexibility index (Phi) is 2.44. The van der Waals surface area contributed by atoms with Gasteiger partial charge in [0.15, 0.2) is 5.65 Å². The Labute approximate surface area is 103 Å². The quantitative estimate of drug-likeness (QED) is 0.644. The highest BCUT2D eigenvalue weighted by Crippen LogP contribution is 2.16. The first-order valence-electron chi connectivity index (χ1n) is 5.64. The third kappa shape index (κ3) is 1.79. The van der Waals surface area contributed by atoms with Gasteiger partial charge in [0.25, 0.3) is 0 Å². The zero-order chi connectivity index (χ0) is 12.5. The molecule has 92 valence electrons. The first kappa shape index (κ1) is 10.7. The van der Waals surface area contributed by atoms with Crippen molar-refractivity contribution in [2.24, 2.45) is 0 Å². The van der Waals surface area contributed by atoms with Gasteiger partial charge in [0.1, 0.15) is 18.0 Å². The predicted octanol–water partition coefficient (Wildman–Crippen LogP) is 1.30. The van der Waals surface area contributed by atoms with Crippen LogP contribution >= 0.6 is 0 Å². The van der Waals surface area contributed by atoms with Crippen LogP contribution in [0.1, 0.15) is 17.2 Å². The fraction of sp³-hybridized carbons (Fsp3) is 0.273. The van der Waals surface area contributed by atoms with Crippen molar-refractivity contribution in [1.29, 1.82) is 0 Å². The smallest absolute Gasteiger partial charge is 0.160 e. The lowest BCUT2D eigenvalue weighted by molar-refractivity contribution is 0.977. The maximum Gasteiger partial charge on any atom is 0.160 e. The van der Waals surface area contributed by atoms with Crippen LogP contribution in [0, 0.1) is 13.8 Å². The van der Waals surface area contributed by atoms with E-state index < -0.39 is 0 Å². The number of aryl methyl sites for hydroxylation is 2. The molecule has 0 radical (unpaired) electrons. The molecule has 0 aliphatic heterocycles. The van der Waals surface area contributed by atoms with Crippen LogP contribution < -0.4 is 5.32 Å². The molecule has 7 heteroatoms. The molecule has 0 saturated heterocycles. The fourth-order valence-electron chi connectivity index (χ4n) is 1.78.